The van der Waals surface area contributed by atoms with E-state index in [4.69, 9.17) is 9.47 Å². The number of rotatable bonds is 6. The van der Waals surface area contributed by atoms with Gasteiger partial charge < -0.3 is 9.47 Å². The van der Waals surface area contributed by atoms with Crippen LogP contribution in [0.2, 0.25) is 0 Å². The van der Waals surface area contributed by atoms with Crippen LogP contribution in [0.3, 0.4) is 0 Å². The van der Waals surface area contributed by atoms with Crippen molar-refractivity contribution in [3.05, 3.63) is 70.3 Å². The molecule has 1 aliphatic heterocycles. The van der Waals surface area contributed by atoms with Crippen molar-refractivity contribution in [1.29, 1.82) is 0 Å². The van der Waals surface area contributed by atoms with Crippen LogP contribution in [-0.4, -0.2) is 13.2 Å². The zero-order valence-electron chi connectivity index (χ0n) is 18.7. The van der Waals surface area contributed by atoms with Crippen LogP contribution in [-0.2, 0) is 15.9 Å². The molecule has 0 bridgehead atoms. The Labute approximate surface area is 185 Å². The molecule has 2 aliphatic rings. The summed E-state index contributed by atoms with van der Waals surface area (Å²) >= 11 is 0. The third-order valence-electron chi connectivity index (χ3n) is 7.15. The third kappa shape index (κ3) is 5.01. The highest BCUT2D eigenvalue weighted by Gasteiger charge is 2.29. The first kappa shape index (κ1) is 22.4. The number of hydrogen-bond acceptors (Lipinski definition) is 2. The van der Waals surface area contributed by atoms with Crippen LogP contribution in [0, 0.1) is 17.6 Å². The van der Waals surface area contributed by atoms with Crippen molar-refractivity contribution in [1.82, 2.24) is 0 Å². The summed E-state index contributed by atoms with van der Waals surface area (Å²) in [4.78, 5) is 0. The van der Waals surface area contributed by atoms with Gasteiger partial charge in [-0.2, -0.15) is 0 Å². The first-order valence-corrected chi connectivity index (χ1v) is 11.9. The SMILES string of the molecule is CCCC1CCC(c2ccc(C3COC(c4ccc(CC)c(F)c4F)OC3)cc2)CC1. The molecule has 0 amide bonds. The molecular weight excluding hydrogens is 394 g/mol. The minimum Gasteiger partial charge on any atom is -0.348 e. The lowest BCUT2D eigenvalue weighted by atomic mass is 9.77. The van der Waals surface area contributed by atoms with Crippen LogP contribution in [0.5, 0.6) is 0 Å². The van der Waals surface area contributed by atoms with Crippen LogP contribution in [0.15, 0.2) is 36.4 Å². The van der Waals surface area contributed by atoms with E-state index in [2.05, 4.69) is 31.2 Å². The first-order chi connectivity index (χ1) is 15.1. The van der Waals surface area contributed by atoms with Crippen LogP contribution >= 0.6 is 0 Å². The molecule has 168 valence electrons. The van der Waals surface area contributed by atoms with Gasteiger partial charge in [-0.25, -0.2) is 8.78 Å². The summed E-state index contributed by atoms with van der Waals surface area (Å²) < 4.78 is 40.1. The monoisotopic (exact) mass is 428 g/mol. The zero-order chi connectivity index (χ0) is 21.8. The zero-order valence-corrected chi connectivity index (χ0v) is 18.7. The maximum atomic E-state index is 14.4. The van der Waals surface area contributed by atoms with Crippen molar-refractivity contribution in [2.75, 3.05) is 13.2 Å². The van der Waals surface area contributed by atoms with Crippen LogP contribution in [0.1, 0.15) is 92.8 Å². The summed E-state index contributed by atoms with van der Waals surface area (Å²) in [6.07, 6.45) is 7.54. The Morgan fingerprint density at radius 3 is 1.97 bits per heavy atom. The van der Waals surface area contributed by atoms with E-state index in [-0.39, 0.29) is 11.5 Å². The topological polar surface area (TPSA) is 18.5 Å². The highest BCUT2D eigenvalue weighted by atomic mass is 19.2. The molecule has 0 N–H and O–H groups in total. The largest absolute Gasteiger partial charge is 0.348 e. The van der Waals surface area contributed by atoms with E-state index >= 15 is 0 Å². The molecule has 1 saturated heterocycles. The summed E-state index contributed by atoms with van der Waals surface area (Å²) in [5, 5.41) is 0. The average molecular weight is 429 g/mol. The van der Waals surface area contributed by atoms with Crippen molar-refractivity contribution >= 4 is 0 Å². The quantitative estimate of drug-likeness (QED) is 0.476. The lowest BCUT2D eigenvalue weighted by Crippen LogP contribution is -2.26. The Hall–Kier alpha value is -1.78. The van der Waals surface area contributed by atoms with Crippen molar-refractivity contribution < 1.29 is 18.3 Å². The number of aryl methyl sites for hydroxylation is 1. The van der Waals surface area contributed by atoms with Crippen molar-refractivity contribution in [2.45, 2.75) is 76.9 Å². The number of benzene rings is 2. The van der Waals surface area contributed by atoms with Crippen LogP contribution in [0.4, 0.5) is 8.78 Å². The second-order valence-electron chi connectivity index (χ2n) is 9.16. The fourth-order valence-electron chi connectivity index (χ4n) is 5.17. The molecule has 4 rings (SSSR count). The molecule has 2 nitrogen and oxygen atoms in total. The summed E-state index contributed by atoms with van der Waals surface area (Å²) in [5.74, 6) is 0.0405. The molecule has 4 heteroatoms. The Bertz CT molecular complexity index is 848. The Kier molecular flexibility index (Phi) is 7.39. The van der Waals surface area contributed by atoms with Gasteiger partial charge in [0.1, 0.15) is 0 Å². The molecule has 0 unspecified atom stereocenters. The molecule has 0 atom stereocenters. The second kappa shape index (κ2) is 10.2. The maximum absolute atomic E-state index is 14.4. The number of halogens is 2. The molecule has 0 radical (unpaired) electrons. The summed E-state index contributed by atoms with van der Waals surface area (Å²) in [7, 11) is 0. The predicted octanol–water partition coefficient (Wildman–Crippen LogP) is 7.43. The lowest BCUT2D eigenvalue weighted by Gasteiger charge is -2.31. The molecule has 0 aromatic heterocycles. The minimum atomic E-state index is -0.860. The molecule has 2 fully saturated rings. The molecular formula is C27H34F2O2. The van der Waals surface area contributed by atoms with Gasteiger partial charge in [0, 0.05) is 11.5 Å². The summed E-state index contributed by atoms with van der Waals surface area (Å²) in [5.41, 5.74) is 3.12. The van der Waals surface area contributed by atoms with Crippen LogP contribution < -0.4 is 0 Å². The molecule has 2 aromatic carbocycles. The van der Waals surface area contributed by atoms with Crippen molar-refractivity contribution in [3.63, 3.8) is 0 Å². The fourth-order valence-corrected chi connectivity index (χ4v) is 5.17. The highest BCUT2D eigenvalue weighted by Crippen LogP contribution is 2.38. The van der Waals surface area contributed by atoms with Gasteiger partial charge >= 0.3 is 0 Å². The van der Waals surface area contributed by atoms with E-state index in [1.165, 1.54) is 49.7 Å². The molecule has 2 aromatic rings. The van der Waals surface area contributed by atoms with Gasteiger partial charge in [-0.3, -0.25) is 0 Å². The van der Waals surface area contributed by atoms with E-state index < -0.39 is 17.9 Å². The third-order valence-corrected chi connectivity index (χ3v) is 7.15. The van der Waals surface area contributed by atoms with E-state index in [9.17, 15) is 8.78 Å². The molecule has 1 saturated carbocycles. The molecule has 31 heavy (non-hydrogen) atoms. The van der Waals surface area contributed by atoms with Gasteiger partial charge in [0.2, 0.25) is 0 Å². The normalized spacial score (nSPS) is 26.7. The van der Waals surface area contributed by atoms with E-state index in [0.717, 1.165) is 5.92 Å². The first-order valence-electron chi connectivity index (χ1n) is 11.9. The van der Waals surface area contributed by atoms with E-state index in [1.807, 2.05) is 0 Å². The summed E-state index contributed by atoms with van der Waals surface area (Å²) in [6.45, 7) is 4.95. The standard InChI is InChI=1S/C27H34F2O2/c1-3-5-18-6-8-20(9-7-18)21-10-12-22(13-11-21)23-16-30-27(31-17-23)24-15-14-19(4-2)25(28)26(24)29/h10-15,18,20,23,27H,3-9,16-17H2,1-2H3. The summed E-state index contributed by atoms with van der Waals surface area (Å²) in [6, 6.07) is 12.1. The second-order valence-corrected chi connectivity index (χ2v) is 9.16. The van der Waals surface area contributed by atoms with Gasteiger partial charge in [0.05, 0.1) is 13.2 Å². The van der Waals surface area contributed by atoms with Crippen molar-refractivity contribution in [3.8, 4) is 0 Å². The van der Waals surface area contributed by atoms with Crippen molar-refractivity contribution in [2.24, 2.45) is 5.92 Å². The highest BCUT2D eigenvalue weighted by molar-refractivity contribution is 5.30. The Morgan fingerprint density at radius 2 is 1.39 bits per heavy atom. The van der Waals surface area contributed by atoms with Gasteiger partial charge in [0.15, 0.2) is 17.9 Å². The van der Waals surface area contributed by atoms with Gasteiger partial charge in [-0.05, 0) is 60.6 Å². The van der Waals surface area contributed by atoms with Crippen LogP contribution in [0.25, 0.3) is 0 Å². The maximum Gasteiger partial charge on any atom is 0.186 e. The smallest absolute Gasteiger partial charge is 0.186 e. The lowest BCUT2D eigenvalue weighted by molar-refractivity contribution is -0.193. The Balaban J connectivity index is 1.34. The average Bonchev–Trinajstić information content (AvgIpc) is 2.82. The molecule has 0 spiro atoms. The minimum absolute atomic E-state index is 0.105. The number of ether oxygens (including phenoxy) is 2. The van der Waals surface area contributed by atoms with Gasteiger partial charge in [-0.15, -0.1) is 0 Å². The fraction of sp³-hybridized carbons (Fsp3) is 0.556. The van der Waals surface area contributed by atoms with E-state index in [0.29, 0.717) is 31.1 Å². The van der Waals surface area contributed by atoms with E-state index in [1.54, 1.807) is 19.1 Å². The molecule has 1 aliphatic carbocycles. The predicted molar refractivity (Wildman–Crippen MR) is 119 cm³/mol. The number of hydrogen-bond donors (Lipinski definition) is 0. The van der Waals surface area contributed by atoms with Gasteiger partial charge in [-0.1, -0.05) is 63.1 Å². The Morgan fingerprint density at radius 1 is 0.774 bits per heavy atom. The van der Waals surface area contributed by atoms with Gasteiger partial charge in [0.25, 0.3) is 0 Å². The molecule has 1 heterocycles.